The maximum absolute atomic E-state index is 9.77. The second-order valence-electron chi connectivity index (χ2n) is 5.58. The highest BCUT2D eigenvalue weighted by Gasteiger charge is 2.23. The Morgan fingerprint density at radius 3 is 2.57 bits per heavy atom. The molecule has 1 heterocycles. The van der Waals surface area contributed by atoms with Crippen LogP contribution in [0.4, 0.5) is 0 Å². The van der Waals surface area contributed by atoms with Gasteiger partial charge < -0.3 is 14.7 Å². The smallest absolute Gasteiger partial charge is 0.137 e. The molecule has 1 saturated heterocycles. The van der Waals surface area contributed by atoms with Crippen molar-refractivity contribution in [1.29, 1.82) is 0 Å². The van der Waals surface area contributed by atoms with Gasteiger partial charge >= 0.3 is 0 Å². The minimum Gasteiger partial charge on any atom is -0.492 e. The quantitative estimate of drug-likeness (QED) is 0.875. The molecular weight excluding hydrogens is 288 g/mol. The zero-order chi connectivity index (χ0) is 15.2. The molecule has 1 aromatic carbocycles. The molecular formula is C16H25ClN2O2. The van der Waals surface area contributed by atoms with Crippen LogP contribution in [-0.4, -0.2) is 61.3 Å². The molecule has 21 heavy (non-hydrogen) atoms. The van der Waals surface area contributed by atoms with Crippen LogP contribution in [0.5, 0.6) is 5.75 Å². The van der Waals surface area contributed by atoms with Crippen LogP contribution in [0.25, 0.3) is 0 Å². The average molecular weight is 313 g/mol. The predicted molar refractivity (Wildman–Crippen MR) is 86.1 cm³/mol. The van der Waals surface area contributed by atoms with E-state index in [1.807, 2.05) is 18.2 Å². The summed E-state index contributed by atoms with van der Waals surface area (Å²) in [5, 5.41) is 10.4. The lowest BCUT2D eigenvalue weighted by Crippen LogP contribution is -2.46. The lowest BCUT2D eigenvalue weighted by molar-refractivity contribution is 0.0748. The van der Waals surface area contributed by atoms with Gasteiger partial charge in [0.25, 0.3) is 0 Å². The van der Waals surface area contributed by atoms with Gasteiger partial charge in [-0.05, 0) is 31.2 Å². The minimum absolute atomic E-state index is 0.0106. The topological polar surface area (TPSA) is 35.9 Å². The third-order valence-electron chi connectivity index (χ3n) is 3.95. The van der Waals surface area contributed by atoms with Gasteiger partial charge in [-0.25, -0.2) is 0 Å². The standard InChI is InChI=1S/C16H25ClN2O2/c1-3-10-21-16-5-4-13(11-14(16)17)15(12-20)19-8-6-18(2)7-9-19/h4-5,11,15,20H,3,6-10,12H2,1-2H3. The highest BCUT2D eigenvalue weighted by molar-refractivity contribution is 6.32. The molecule has 0 amide bonds. The summed E-state index contributed by atoms with van der Waals surface area (Å²) in [6.45, 7) is 6.83. The number of ether oxygens (including phenoxy) is 1. The predicted octanol–water partition coefficient (Wildman–Crippen LogP) is 2.41. The fourth-order valence-electron chi connectivity index (χ4n) is 2.62. The third-order valence-corrected chi connectivity index (χ3v) is 4.25. The van der Waals surface area contributed by atoms with Gasteiger partial charge in [0.2, 0.25) is 0 Å². The molecule has 0 aliphatic carbocycles. The van der Waals surface area contributed by atoms with E-state index in [1.54, 1.807) is 0 Å². The number of aliphatic hydroxyl groups excluding tert-OH is 1. The van der Waals surface area contributed by atoms with E-state index in [0.717, 1.165) is 43.9 Å². The van der Waals surface area contributed by atoms with E-state index in [-0.39, 0.29) is 12.6 Å². The average Bonchev–Trinajstić information content (AvgIpc) is 2.49. The van der Waals surface area contributed by atoms with Crippen molar-refractivity contribution in [3.63, 3.8) is 0 Å². The summed E-state index contributed by atoms with van der Waals surface area (Å²) in [4.78, 5) is 4.62. The summed E-state index contributed by atoms with van der Waals surface area (Å²) in [7, 11) is 2.13. The van der Waals surface area contributed by atoms with Gasteiger partial charge in [0.1, 0.15) is 5.75 Å². The molecule has 5 heteroatoms. The number of rotatable bonds is 6. The molecule has 1 aromatic rings. The van der Waals surface area contributed by atoms with Crippen LogP contribution in [0, 0.1) is 0 Å². The van der Waals surface area contributed by atoms with Crippen LogP contribution in [-0.2, 0) is 0 Å². The summed E-state index contributed by atoms with van der Waals surface area (Å²) in [5.74, 6) is 0.720. The molecule has 1 aliphatic heterocycles. The zero-order valence-corrected chi connectivity index (χ0v) is 13.6. The van der Waals surface area contributed by atoms with E-state index in [0.29, 0.717) is 11.6 Å². The van der Waals surface area contributed by atoms with Crippen LogP contribution in [0.2, 0.25) is 5.02 Å². The SMILES string of the molecule is CCCOc1ccc(C(CO)N2CCN(C)CC2)cc1Cl. The Morgan fingerprint density at radius 1 is 1.29 bits per heavy atom. The summed E-state index contributed by atoms with van der Waals surface area (Å²) >= 11 is 6.29. The Bertz CT molecular complexity index is 448. The largest absolute Gasteiger partial charge is 0.492 e. The van der Waals surface area contributed by atoms with Gasteiger partial charge in [0, 0.05) is 26.2 Å². The molecule has 2 rings (SSSR count). The number of halogens is 1. The van der Waals surface area contributed by atoms with Gasteiger partial charge in [-0.15, -0.1) is 0 Å². The molecule has 1 unspecified atom stereocenters. The molecule has 118 valence electrons. The molecule has 0 aromatic heterocycles. The van der Waals surface area contributed by atoms with Gasteiger partial charge in [0.05, 0.1) is 24.3 Å². The molecule has 0 radical (unpaired) electrons. The van der Waals surface area contributed by atoms with Gasteiger partial charge in [-0.1, -0.05) is 24.6 Å². The van der Waals surface area contributed by atoms with Crippen LogP contribution < -0.4 is 4.74 Å². The number of likely N-dealkylation sites (N-methyl/N-ethyl adjacent to an activating group) is 1. The first kappa shape index (κ1) is 16.6. The van der Waals surface area contributed by atoms with Gasteiger partial charge in [0.15, 0.2) is 0 Å². The normalized spacial score (nSPS) is 18.7. The highest BCUT2D eigenvalue weighted by atomic mass is 35.5. The molecule has 1 fully saturated rings. The molecule has 4 nitrogen and oxygen atoms in total. The van der Waals surface area contributed by atoms with Crippen molar-refractivity contribution in [2.24, 2.45) is 0 Å². The molecule has 0 bridgehead atoms. The summed E-state index contributed by atoms with van der Waals surface area (Å²) in [6.07, 6.45) is 0.957. The van der Waals surface area contributed by atoms with E-state index in [1.165, 1.54) is 0 Å². The van der Waals surface area contributed by atoms with Crippen molar-refractivity contribution in [3.8, 4) is 5.75 Å². The summed E-state index contributed by atoms with van der Waals surface area (Å²) in [6, 6.07) is 5.85. The van der Waals surface area contributed by atoms with Crippen LogP contribution >= 0.6 is 11.6 Å². The first-order valence-electron chi connectivity index (χ1n) is 7.61. The van der Waals surface area contributed by atoms with Crippen molar-refractivity contribution in [3.05, 3.63) is 28.8 Å². The van der Waals surface area contributed by atoms with E-state index in [4.69, 9.17) is 16.3 Å². The fourth-order valence-corrected chi connectivity index (χ4v) is 2.86. The Hall–Kier alpha value is -0.810. The van der Waals surface area contributed by atoms with Gasteiger partial charge in [-0.2, -0.15) is 0 Å². The van der Waals surface area contributed by atoms with Crippen molar-refractivity contribution in [2.75, 3.05) is 46.4 Å². The first-order valence-corrected chi connectivity index (χ1v) is 7.99. The van der Waals surface area contributed by atoms with Crippen LogP contribution in [0.15, 0.2) is 18.2 Å². The second kappa shape index (κ2) is 7.99. The lowest BCUT2D eigenvalue weighted by Gasteiger charge is -2.37. The zero-order valence-electron chi connectivity index (χ0n) is 12.9. The second-order valence-corrected chi connectivity index (χ2v) is 5.98. The van der Waals surface area contributed by atoms with Crippen molar-refractivity contribution >= 4 is 11.6 Å². The molecule has 0 spiro atoms. The van der Waals surface area contributed by atoms with Crippen molar-refractivity contribution in [1.82, 2.24) is 9.80 Å². The Morgan fingerprint density at radius 2 is 2.00 bits per heavy atom. The number of aliphatic hydroxyl groups is 1. The number of piperazine rings is 1. The number of hydrogen-bond donors (Lipinski definition) is 1. The Kier molecular flexibility index (Phi) is 6.30. The molecule has 1 atom stereocenters. The van der Waals surface area contributed by atoms with Gasteiger partial charge in [-0.3, -0.25) is 4.90 Å². The summed E-state index contributed by atoms with van der Waals surface area (Å²) < 4.78 is 5.60. The maximum atomic E-state index is 9.77. The molecule has 1 aliphatic rings. The van der Waals surface area contributed by atoms with E-state index in [2.05, 4.69) is 23.8 Å². The fraction of sp³-hybridized carbons (Fsp3) is 0.625. The first-order chi connectivity index (χ1) is 10.2. The maximum Gasteiger partial charge on any atom is 0.137 e. The lowest BCUT2D eigenvalue weighted by atomic mass is 10.0. The van der Waals surface area contributed by atoms with Crippen molar-refractivity contribution < 1.29 is 9.84 Å². The van der Waals surface area contributed by atoms with E-state index >= 15 is 0 Å². The Balaban J connectivity index is 2.09. The number of hydrogen-bond acceptors (Lipinski definition) is 4. The van der Waals surface area contributed by atoms with Crippen LogP contribution in [0.3, 0.4) is 0 Å². The molecule has 0 saturated carbocycles. The molecule has 1 N–H and O–H groups in total. The monoisotopic (exact) mass is 312 g/mol. The van der Waals surface area contributed by atoms with Crippen molar-refractivity contribution in [2.45, 2.75) is 19.4 Å². The minimum atomic E-state index is 0.0106. The third kappa shape index (κ3) is 4.33. The van der Waals surface area contributed by atoms with E-state index in [9.17, 15) is 5.11 Å². The summed E-state index contributed by atoms with van der Waals surface area (Å²) in [5.41, 5.74) is 1.05. The number of benzene rings is 1. The van der Waals surface area contributed by atoms with Crippen LogP contribution in [0.1, 0.15) is 24.9 Å². The number of nitrogens with zero attached hydrogens (tertiary/aromatic N) is 2. The highest BCUT2D eigenvalue weighted by Crippen LogP contribution is 2.30. The Labute approximate surface area is 132 Å². The van der Waals surface area contributed by atoms with E-state index < -0.39 is 0 Å².